The summed E-state index contributed by atoms with van der Waals surface area (Å²) in [5.41, 5.74) is 0.641. The fourth-order valence-electron chi connectivity index (χ4n) is 1.57. The third-order valence-corrected chi connectivity index (χ3v) is 2.34. The Morgan fingerprint density at radius 3 is 2.82 bits per heavy atom. The van der Waals surface area contributed by atoms with E-state index in [1.54, 1.807) is 25.1 Å². The summed E-state index contributed by atoms with van der Waals surface area (Å²) < 4.78 is 4.86. The summed E-state index contributed by atoms with van der Waals surface area (Å²) in [6, 6.07) is 0. The van der Waals surface area contributed by atoms with Crippen molar-refractivity contribution in [3.8, 4) is 0 Å². The molecule has 0 spiro atoms. The van der Waals surface area contributed by atoms with E-state index >= 15 is 0 Å². The van der Waals surface area contributed by atoms with Gasteiger partial charge in [-0.15, -0.1) is 0 Å². The lowest BCUT2D eigenvalue weighted by molar-refractivity contribution is 0.0693. The summed E-state index contributed by atoms with van der Waals surface area (Å²) in [7, 11) is 3.34. The molecule has 1 rings (SSSR count). The minimum absolute atomic E-state index is 0.125. The van der Waals surface area contributed by atoms with Gasteiger partial charge >= 0.3 is 0 Å². The number of nitrogens with zero attached hydrogens (tertiary/aromatic N) is 3. The lowest BCUT2D eigenvalue weighted by atomic mass is 10.2. The number of hydrogen-bond acceptors (Lipinski definition) is 6. The molecule has 0 bridgehead atoms. The Morgan fingerprint density at radius 2 is 2.24 bits per heavy atom. The first kappa shape index (κ1) is 13.8. The Hall–Kier alpha value is -1.24. The van der Waals surface area contributed by atoms with E-state index in [1.807, 2.05) is 0 Å². The maximum Gasteiger partial charge on any atom is 0.137 e. The average molecular weight is 241 g/mol. The van der Waals surface area contributed by atoms with Crippen LogP contribution in [0.25, 0.3) is 0 Å². The van der Waals surface area contributed by atoms with Crippen molar-refractivity contribution in [3.05, 3.63) is 17.6 Å². The zero-order valence-electron chi connectivity index (χ0n) is 10.4. The van der Waals surface area contributed by atoms with Crippen LogP contribution in [-0.4, -0.2) is 53.6 Å². The normalized spacial score (nSPS) is 12.5. The van der Waals surface area contributed by atoms with Gasteiger partial charge in [-0.05, 0) is 6.92 Å². The van der Waals surface area contributed by atoms with Gasteiger partial charge in [0.1, 0.15) is 11.6 Å². The Morgan fingerprint density at radius 1 is 1.53 bits per heavy atom. The first-order valence-corrected chi connectivity index (χ1v) is 5.40. The molecule has 0 saturated carbocycles. The molecule has 1 unspecified atom stereocenters. The van der Waals surface area contributed by atoms with Crippen molar-refractivity contribution in [2.45, 2.75) is 19.6 Å². The van der Waals surface area contributed by atoms with Gasteiger partial charge in [0.05, 0.1) is 19.3 Å². The molecule has 0 fully saturated rings. The summed E-state index contributed by atoms with van der Waals surface area (Å²) in [4.78, 5) is 10.1. The summed E-state index contributed by atoms with van der Waals surface area (Å²) in [6.07, 6.45) is 1.00. The molecule has 0 aliphatic carbocycles. The Balaban J connectivity index is 2.79. The van der Waals surface area contributed by atoms with Crippen LogP contribution in [0.4, 0.5) is 5.82 Å². The van der Waals surface area contributed by atoms with Crippen molar-refractivity contribution in [2.75, 3.05) is 32.2 Å². The van der Waals surface area contributed by atoms with Gasteiger partial charge in [0.25, 0.3) is 0 Å². The molecule has 1 atom stereocenters. The number of aliphatic hydroxyl groups is 2. The van der Waals surface area contributed by atoms with E-state index in [2.05, 4.69) is 9.97 Å². The molecule has 0 radical (unpaired) electrons. The number of aryl methyl sites for hydroxylation is 1. The van der Waals surface area contributed by atoms with Crippen molar-refractivity contribution in [2.24, 2.45) is 0 Å². The molecule has 1 heterocycles. The van der Waals surface area contributed by atoms with Crippen molar-refractivity contribution >= 4 is 5.82 Å². The van der Waals surface area contributed by atoms with Gasteiger partial charge in [0.2, 0.25) is 0 Å². The highest BCUT2D eigenvalue weighted by Crippen LogP contribution is 2.16. The summed E-state index contributed by atoms with van der Waals surface area (Å²) in [5, 5.41) is 18.8. The SMILES string of the molecule is COCC(O)CN(C)c1nc(C)ncc1CO. The van der Waals surface area contributed by atoms with Gasteiger partial charge in [-0.1, -0.05) is 0 Å². The maximum absolute atomic E-state index is 9.64. The zero-order valence-corrected chi connectivity index (χ0v) is 10.4. The number of aromatic nitrogens is 2. The zero-order chi connectivity index (χ0) is 12.8. The third-order valence-electron chi connectivity index (χ3n) is 2.34. The number of ether oxygens (including phenoxy) is 1. The minimum Gasteiger partial charge on any atom is -0.391 e. The van der Waals surface area contributed by atoms with E-state index in [0.29, 0.717) is 23.8 Å². The van der Waals surface area contributed by atoms with Gasteiger partial charge in [-0.3, -0.25) is 0 Å². The molecule has 0 amide bonds. The molecule has 0 aliphatic heterocycles. The molecular weight excluding hydrogens is 222 g/mol. The number of hydrogen-bond donors (Lipinski definition) is 2. The van der Waals surface area contributed by atoms with E-state index in [-0.39, 0.29) is 13.2 Å². The molecule has 0 aromatic carbocycles. The molecular formula is C11H19N3O3. The molecule has 6 heteroatoms. The maximum atomic E-state index is 9.64. The molecule has 0 saturated heterocycles. The van der Waals surface area contributed by atoms with Crippen LogP contribution in [0.1, 0.15) is 11.4 Å². The predicted molar refractivity (Wildman–Crippen MR) is 63.8 cm³/mol. The smallest absolute Gasteiger partial charge is 0.137 e. The predicted octanol–water partition coefficient (Wildman–Crippen LogP) is -0.279. The fraction of sp³-hybridized carbons (Fsp3) is 0.636. The lowest BCUT2D eigenvalue weighted by Crippen LogP contribution is -2.33. The number of aliphatic hydroxyl groups excluding tert-OH is 2. The topological polar surface area (TPSA) is 78.7 Å². The monoisotopic (exact) mass is 241 g/mol. The second-order valence-electron chi connectivity index (χ2n) is 3.91. The van der Waals surface area contributed by atoms with Crippen molar-refractivity contribution in [3.63, 3.8) is 0 Å². The first-order valence-electron chi connectivity index (χ1n) is 5.40. The van der Waals surface area contributed by atoms with Crippen LogP contribution in [-0.2, 0) is 11.3 Å². The molecule has 96 valence electrons. The van der Waals surface area contributed by atoms with E-state index in [4.69, 9.17) is 4.74 Å². The third kappa shape index (κ3) is 3.92. The summed E-state index contributed by atoms with van der Waals surface area (Å²) >= 11 is 0. The van der Waals surface area contributed by atoms with Gasteiger partial charge in [-0.25, -0.2) is 9.97 Å². The van der Waals surface area contributed by atoms with Crippen LogP contribution >= 0.6 is 0 Å². The van der Waals surface area contributed by atoms with Crippen LogP contribution in [0, 0.1) is 6.92 Å². The number of methoxy groups -OCH3 is 1. The largest absolute Gasteiger partial charge is 0.391 e. The number of anilines is 1. The van der Waals surface area contributed by atoms with Crippen LogP contribution in [0.15, 0.2) is 6.20 Å². The molecule has 1 aromatic heterocycles. The first-order chi connectivity index (χ1) is 8.08. The lowest BCUT2D eigenvalue weighted by Gasteiger charge is -2.23. The van der Waals surface area contributed by atoms with Crippen LogP contribution in [0.5, 0.6) is 0 Å². The minimum atomic E-state index is -0.591. The highest BCUT2D eigenvalue weighted by molar-refractivity contribution is 5.45. The average Bonchev–Trinajstić information content (AvgIpc) is 2.29. The second kappa shape index (κ2) is 6.48. The van der Waals surface area contributed by atoms with Gasteiger partial charge in [-0.2, -0.15) is 0 Å². The molecule has 1 aromatic rings. The van der Waals surface area contributed by atoms with Crippen LogP contribution in [0.3, 0.4) is 0 Å². The van der Waals surface area contributed by atoms with Crippen molar-refractivity contribution in [1.29, 1.82) is 0 Å². The summed E-state index contributed by atoms with van der Waals surface area (Å²) in [5.74, 6) is 1.26. The Kier molecular flexibility index (Phi) is 5.27. The van der Waals surface area contributed by atoms with Crippen molar-refractivity contribution in [1.82, 2.24) is 9.97 Å². The van der Waals surface area contributed by atoms with E-state index in [1.165, 1.54) is 7.11 Å². The van der Waals surface area contributed by atoms with E-state index in [9.17, 15) is 10.2 Å². The number of likely N-dealkylation sites (N-methyl/N-ethyl adjacent to an activating group) is 1. The fourth-order valence-corrected chi connectivity index (χ4v) is 1.57. The van der Waals surface area contributed by atoms with Crippen LogP contribution in [0.2, 0.25) is 0 Å². The highest BCUT2D eigenvalue weighted by Gasteiger charge is 2.13. The molecule has 2 N–H and O–H groups in total. The second-order valence-corrected chi connectivity index (χ2v) is 3.91. The van der Waals surface area contributed by atoms with Gasteiger partial charge in [0, 0.05) is 32.5 Å². The highest BCUT2D eigenvalue weighted by atomic mass is 16.5. The standard InChI is InChI=1S/C11H19N3O3/c1-8-12-4-9(6-15)11(13-8)14(2)5-10(16)7-17-3/h4,10,15-16H,5-7H2,1-3H3. The van der Waals surface area contributed by atoms with Gasteiger partial charge < -0.3 is 19.8 Å². The van der Waals surface area contributed by atoms with Crippen molar-refractivity contribution < 1.29 is 14.9 Å². The van der Waals surface area contributed by atoms with Gasteiger partial charge in [0.15, 0.2) is 0 Å². The molecule has 6 nitrogen and oxygen atoms in total. The quantitative estimate of drug-likeness (QED) is 0.713. The van der Waals surface area contributed by atoms with E-state index < -0.39 is 6.10 Å². The Labute approximate surface area is 101 Å². The van der Waals surface area contributed by atoms with E-state index in [0.717, 1.165) is 0 Å². The summed E-state index contributed by atoms with van der Waals surface area (Å²) in [6.45, 7) is 2.31. The van der Waals surface area contributed by atoms with Crippen LogP contribution < -0.4 is 4.90 Å². The molecule has 17 heavy (non-hydrogen) atoms. The number of rotatable bonds is 6. The Bertz CT molecular complexity index is 360. The molecule has 0 aliphatic rings.